The van der Waals surface area contributed by atoms with Crippen molar-refractivity contribution in [1.29, 1.82) is 0 Å². The average molecular weight is 264 g/mol. The van der Waals surface area contributed by atoms with E-state index in [1.807, 2.05) is 13.0 Å². The fourth-order valence-corrected chi connectivity index (χ4v) is 1.90. The van der Waals surface area contributed by atoms with Gasteiger partial charge in [0.15, 0.2) is 0 Å². The number of esters is 2. The van der Waals surface area contributed by atoms with E-state index >= 15 is 0 Å². The molecule has 0 fully saturated rings. The van der Waals surface area contributed by atoms with Crippen LogP contribution in [-0.4, -0.2) is 25.2 Å². The summed E-state index contributed by atoms with van der Waals surface area (Å²) in [4.78, 5) is 23.5. The molecule has 0 aliphatic heterocycles. The van der Waals surface area contributed by atoms with Gasteiger partial charge in [0.05, 0.1) is 18.6 Å². The third kappa shape index (κ3) is 4.39. The molecule has 0 aromatic heterocycles. The molecule has 0 radical (unpaired) electrons. The van der Waals surface area contributed by atoms with E-state index in [-0.39, 0.29) is 5.97 Å². The van der Waals surface area contributed by atoms with Crippen molar-refractivity contribution in [3.05, 3.63) is 35.9 Å². The Balaban J connectivity index is 2.68. The Morgan fingerprint density at radius 2 is 1.84 bits per heavy atom. The Morgan fingerprint density at radius 3 is 2.37 bits per heavy atom. The van der Waals surface area contributed by atoms with Crippen LogP contribution in [0.5, 0.6) is 0 Å². The smallest absolute Gasteiger partial charge is 0.338 e. The van der Waals surface area contributed by atoms with Gasteiger partial charge in [-0.1, -0.05) is 31.5 Å². The van der Waals surface area contributed by atoms with Crippen LogP contribution in [0.4, 0.5) is 0 Å². The zero-order valence-electron chi connectivity index (χ0n) is 11.6. The summed E-state index contributed by atoms with van der Waals surface area (Å²) >= 11 is 0. The van der Waals surface area contributed by atoms with E-state index in [9.17, 15) is 9.59 Å². The molecule has 0 amide bonds. The van der Waals surface area contributed by atoms with Crippen molar-refractivity contribution in [2.45, 2.75) is 32.8 Å². The topological polar surface area (TPSA) is 52.6 Å². The Kier molecular flexibility index (Phi) is 6.06. The summed E-state index contributed by atoms with van der Waals surface area (Å²) in [5.41, 5.74) is 0.481. The molecule has 0 saturated heterocycles. The van der Waals surface area contributed by atoms with Crippen molar-refractivity contribution in [3.8, 4) is 0 Å². The number of rotatable bonds is 6. The van der Waals surface area contributed by atoms with Gasteiger partial charge >= 0.3 is 11.9 Å². The van der Waals surface area contributed by atoms with Gasteiger partial charge in [-0.2, -0.15) is 0 Å². The van der Waals surface area contributed by atoms with E-state index in [1.165, 1.54) is 7.11 Å². The van der Waals surface area contributed by atoms with Crippen LogP contribution in [0.25, 0.3) is 0 Å². The molecule has 0 aliphatic rings. The number of carbonyl (C=O) groups is 2. The number of hydrogen-bond donors (Lipinski definition) is 0. The number of methoxy groups -OCH3 is 1. The summed E-state index contributed by atoms with van der Waals surface area (Å²) in [5.74, 6) is -1.17. The summed E-state index contributed by atoms with van der Waals surface area (Å²) < 4.78 is 10.1. The summed E-state index contributed by atoms with van der Waals surface area (Å²) in [6.07, 6.45) is 0.961. The third-order valence-electron chi connectivity index (χ3n) is 2.97. The molecule has 0 aliphatic carbocycles. The molecule has 104 valence electrons. The molecule has 4 heteroatoms. The molecule has 0 heterocycles. The first kappa shape index (κ1) is 15.2. The first-order valence-corrected chi connectivity index (χ1v) is 6.44. The number of carbonyl (C=O) groups excluding carboxylic acids is 2. The maximum atomic E-state index is 11.9. The maximum Gasteiger partial charge on any atom is 0.338 e. The van der Waals surface area contributed by atoms with Crippen molar-refractivity contribution in [2.24, 2.45) is 5.92 Å². The fraction of sp³-hybridized carbons (Fsp3) is 0.467. The molecule has 0 saturated carbocycles. The van der Waals surface area contributed by atoms with Gasteiger partial charge in [0.25, 0.3) is 0 Å². The first-order chi connectivity index (χ1) is 9.10. The first-order valence-electron chi connectivity index (χ1n) is 6.44. The molecule has 19 heavy (non-hydrogen) atoms. The van der Waals surface area contributed by atoms with E-state index in [0.29, 0.717) is 12.0 Å². The van der Waals surface area contributed by atoms with Crippen LogP contribution in [0.15, 0.2) is 30.3 Å². The van der Waals surface area contributed by atoms with Crippen molar-refractivity contribution in [1.82, 2.24) is 0 Å². The summed E-state index contributed by atoms with van der Waals surface area (Å²) in [6.45, 7) is 3.69. The lowest BCUT2D eigenvalue weighted by molar-refractivity contribution is -0.149. The van der Waals surface area contributed by atoms with Crippen LogP contribution in [0.3, 0.4) is 0 Å². The van der Waals surface area contributed by atoms with Gasteiger partial charge in [0, 0.05) is 0 Å². The Bertz CT molecular complexity index is 413. The normalized spacial score (nSPS) is 13.4. The Hall–Kier alpha value is -1.84. The second kappa shape index (κ2) is 7.56. The standard InChI is InChI=1S/C15H20O4/c1-4-8-13(15(17)18-3)11(2)19-14(16)12-9-6-5-7-10-12/h5-7,9-11,13H,4,8H2,1-3H3. The van der Waals surface area contributed by atoms with Gasteiger partial charge in [-0.25, -0.2) is 4.79 Å². The number of benzene rings is 1. The highest BCUT2D eigenvalue weighted by Gasteiger charge is 2.28. The monoisotopic (exact) mass is 264 g/mol. The molecule has 0 bridgehead atoms. The summed E-state index contributed by atoms with van der Waals surface area (Å²) in [7, 11) is 1.34. The van der Waals surface area contributed by atoms with E-state index < -0.39 is 18.0 Å². The van der Waals surface area contributed by atoms with E-state index in [0.717, 1.165) is 6.42 Å². The maximum absolute atomic E-state index is 11.9. The summed E-state index contributed by atoms with van der Waals surface area (Å²) in [5, 5.41) is 0. The molecule has 1 aromatic carbocycles. The highest BCUT2D eigenvalue weighted by molar-refractivity contribution is 5.89. The van der Waals surface area contributed by atoms with Crippen molar-refractivity contribution in [2.75, 3.05) is 7.11 Å². The quantitative estimate of drug-likeness (QED) is 0.741. The van der Waals surface area contributed by atoms with Crippen LogP contribution >= 0.6 is 0 Å². The van der Waals surface area contributed by atoms with Gasteiger partial charge in [0.2, 0.25) is 0 Å². The Morgan fingerprint density at radius 1 is 1.21 bits per heavy atom. The van der Waals surface area contributed by atoms with Crippen molar-refractivity contribution < 1.29 is 19.1 Å². The minimum atomic E-state index is -0.500. The molecular weight excluding hydrogens is 244 g/mol. The molecule has 4 nitrogen and oxygen atoms in total. The lowest BCUT2D eigenvalue weighted by Gasteiger charge is -2.21. The minimum Gasteiger partial charge on any atom is -0.469 e. The third-order valence-corrected chi connectivity index (χ3v) is 2.97. The zero-order chi connectivity index (χ0) is 14.3. The van der Waals surface area contributed by atoms with Crippen LogP contribution in [0.1, 0.15) is 37.0 Å². The van der Waals surface area contributed by atoms with Gasteiger partial charge in [-0.15, -0.1) is 0 Å². The Labute approximate surface area is 113 Å². The molecule has 1 rings (SSSR count). The molecular formula is C15H20O4. The fourth-order valence-electron chi connectivity index (χ4n) is 1.90. The zero-order valence-corrected chi connectivity index (χ0v) is 11.6. The predicted octanol–water partition coefficient (Wildman–Crippen LogP) is 2.82. The van der Waals surface area contributed by atoms with Crippen LogP contribution < -0.4 is 0 Å². The SMILES string of the molecule is CCCC(C(=O)OC)C(C)OC(=O)c1ccccc1. The van der Waals surface area contributed by atoms with Crippen LogP contribution in [0.2, 0.25) is 0 Å². The van der Waals surface area contributed by atoms with Crippen molar-refractivity contribution in [3.63, 3.8) is 0 Å². The van der Waals surface area contributed by atoms with Crippen LogP contribution in [-0.2, 0) is 14.3 Å². The lowest BCUT2D eigenvalue weighted by atomic mass is 9.98. The van der Waals surface area contributed by atoms with Gasteiger partial charge < -0.3 is 9.47 Å². The minimum absolute atomic E-state index is 0.338. The highest BCUT2D eigenvalue weighted by atomic mass is 16.6. The molecule has 2 unspecified atom stereocenters. The number of ether oxygens (including phenoxy) is 2. The number of hydrogen-bond acceptors (Lipinski definition) is 4. The van der Waals surface area contributed by atoms with E-state index in [2.05, 4.69) is 0 Å². The summed E-state index contributed by atoms with van der Waals surface area (Å²) in [6, 6.07) is 8.73. The average Bonchev–Trinajstić information content (AvgIpc) is 2.44. The molecule has 2 atom stereocenters. The highest BCUT2D eigenvalue weighted by Crippen LogP contribution is 2.17. The molecule has 1 aromatic rings. The second-order valence-electron chi connectivity index (χ2n) is 4.39. The van der Waals surface area contributed by atoms with E-state index in [4.69, 9.17) is 9.47 Å². The van der Waals surface area contributed by atoms with Gasteiger partial charge in [0.1, 0.15) is 6.10 Å². The predicted molar refractivity (Wildman–Crippen MR) is 71.7 cm³/mol. The molecule has 0 N–H and O–H groups in total. The largest absolute Gasteiger partial charge is 0.469 e. The van der Waals surface area contributed by atoms with Gasteiger partial charge in [-0.05, 0) is 25.5 Å². The van der Waals surface area contributed by atoms with Crippen molar-refractivity contribution >= 4 is 11.9 Å². The van der Waals surface area contributed by atoms with Crippen LogP contribution in [0, 0.1) is 5.92 Å². The van der Waals surface area contributed by atoms with E-state index in [1.54, 1.807) is 31.2 Å². The second-order valence-corrected chi connectivity index (χ2v) is 4.39. The molecule has 0 spiro atoms. The van der Waals surface area contributed by atoms with Gasteiger partial charge in [-0.3, -0.25) is 4.79 Å². The lowest BCUT2D eigenvalue weighted by Crippen LogP contribution is -2.31.